The van der Waals surface area contributed by atoms with E-state index in [4.69, 9.17) is 0 Å². The van der Waals surface area contributed by atoms with Gasteiger partial charge in [-0.1, -0.05) is 6.07 Å². The highest BCUT2D eigenvalue weighted by molar-refractivity contribution is 5.94. The topological polar surface area (TPSA) is 64.7 Å². The summed E-state index contributed by atoms with van der Waals surface area (Å²) in [4.78, 5) is 16.7. The van der Waals surface area contributed by atoms with Crippen LogP contribution in [0.2, 0.25) is 0 Å². The maximum absolute atomic E-state index is 13.0. The lowest BCUT2D eigenvalue weighted by atomic mass is 10.1. The Hall–Kier alpha value is -3.88. The Kier molecular flexibility index (Phi) is 5.56. The first-order chi connectivity index (χ1) is 15.2. The van der Waals surface area contributed by atoms with Crippen molar-refractivity contribution < 1.29 is 18.0 Å². The number of hydrogen-bond donors (Lipinski definition) is 1. The molecule has 1 amide bonds. The lowest BCUT2D eigenvalue weighted by Gasteiger charge is -2.15. The molecule has 2 heterocycles. The summed E-state index contributed by atoms with van der Waals surface area (Å²) in [5.41, 5.74) is 2.29. The summed E-state index contributed by atoms with van der Waals surface area (Å²) < 4.78 is 42.4. The Morgan fingerprint density at radius 1 is 1.09 bits per heavy atom. The quantitative estimate of drug-likeness (QED) is 0.482. The van der Waals surface area contributed by atoms with E-state index in [0.29, 0.717) is 22.5 Å². The molecule has 0 aliphatic rings. The summed E-state index contributed by atoms with van der Waals surface area (Å²) in [6.07, 6.45) is 2.27. The van der Waals surface area contributed by atoms with Crippen LogP contribution < -0.4 is 5.32 Å². The molecule has 0 aliphatic carbocycles. The second kappa shape index (κ2) is 8.33. The van der Waals surface area contributed by atoms with E-state index in [1.165, 1.54) is 10.7 Å². The molecule has 0 saturated carbocycles. The number of alkyl halides is 3. The third-order valence-corrected chi connectivity index (χ3v) is 5.21. The van der Waals surface area contributed by atoms with E-state index in [9.17, 15) is 18.0 Å². The van der Waals surface area contributed by atoms with Gasteiger partial charge in [-0.05, 0) is 56.3 Å². The monoisotopic (exact) mass is 439 g/mol. The van der Waals surface area contributed by atoms with Crippen molar-refractivity contribution in [1.29, 1.82) is 0 Å². The summed E-state index contributed by atoms with van der Waals surface area (Å²) in [6, 6.07) is 11.7. The van der Waals surface area contributed by atoms with E-state index >= 15 is 0 Å². The first-order valence-corrected chi connectivity index (χ1v) is 9.85. The van der Waals surface area contributed by atoms with Crippen LogP contribution in [0.3, 0.4) is 0 Å². The van der Waals surface area contributed by atoms with Gasteiger partial charge in [0.15, 0.2) is 0 Å². The predicted octanol–water partition coefficient (Wildman–Crippen LogP) is 4.88. The van der Waals surface area contributed by atoms with Crippen LogP contribution in [0.4, 0.5) is 13.2 Å². The van der Waals surface area contributed by atoms with Gasteiger partial charge < -0.3 is 9.88 Å². The van der Waals surface area contributed by atoms with Crippen molar-refractivity contribution in [2.45, 2.75) is 26.1 Å². The average Bonchev–Trinajstić information content (AvgIpc) is 3.43. The van der Waals surface area contributed by atoms with E-state index in [0.717, 1.165) is 17.8 Å². The molecule has 4 rings (SSSR count). The summed E-state index contributed by atoms with van der Waals surface area (Å²) in [6.45, 7) is 3.56. The smallest absolute Gasteiger partial charge is 0.345 e. The highest BCUT2D eigenvalue weighted by Crippen LogP contribution is 2.31. The van der Waals surface area contributed by atoms with E-state index in [-0.39, 0.29) is 5.91 Å². The molecule has 2 aromatic heterocycles. The van der Waals surface area contributed by atoms with E-state index in [1.54, 1.807) is 50.8 Å². The molecule has 6 nitrogen and oxygen atoms in total. The summed E-state index contributed by atoms with van der Waals surface area (Å²) in [5.74, 6) is -0.263. The molecular weight excluding hydrogens is 419 g/mol. The molecule has 32 heavy (non-hydrogen) atoms. The third kappa shape index (κ3) is 4.27. The fourth-order valence-electron chi connectivity index (χ4n) is 3.48. The van der Waals surface area contributed by atoms with E-state index in [1.807, 2.05) is 22.9 Å². The predicted molar refractivity (Wildman–Crippen MR) is 113 cm³/mol. The second-order valence-electron chi connectivity index (χ2n) is 7.36. The average molecular weight is 439 g/mol. The fourth-order valence-corrected chi connectivity index (χ4v) is 3.48. The Bertz CT molecular complexity index is 1230. The zero-order chi connectivity index (χ0) is 22.9. The van der Waals surface area contributed by atoms with Crippen LogP contribution in [0, 0.1) is 6.92 Å². The summed E-state index contributed by atoms with van der Waals surface area (Å²) in [7, 11) is 0. The van der Waals surface area contributed by atoms with Gasteiger partial charge in [0.25, 0.3) is 5.91 Å². The third-order valence-electron chi connectivity index (χ3n) is 5.21. The molecule has 1 atom stereocenters. The first-order valence-electron chi connectivity index (χ1n) is 9.85. The van der Waals surface area contributed by atoms with Crippen molar-refractivity contribution in [1.82, 2.24) is 24.6 Å². The Morgan fingerprint density at radius 2 is 1.84 bits per heavy atom. The molecule has 0 spiro atoms. The van der Waals surface area contributed by atoms with Gasteiger partial charge in [0, 0.05) is 34.9 Å². The number of imidazole rings is 1. The second-order valence-corrected chi connectivity index (χ2v) is 7.36. The number of benzene rings is 2. The van der Waals surface area contributed by atoms with Crippen molar-refractivity contribution in [2.24, 2.45) is 0 Å². The van der Waals surface area contributed by atoms with Crippen LogP contribution in [0.15, 0.2) is 73.4 Å². The summed E-state index contributed by atoms with van der Waals surface area (Å²) >= 11 is 0. The first kappa shape index (κ1) is 21.4. The van der Waals surface area contributed by atoms with Gasteiger partial charge in [0.05, 0.1) is 29.8 Å². The van der Waals surface area contributed by atoms with E-state index in [2.05, 4.69) is 15.4 Å². The van der Waals surface area contributed by atoms with Crippen LogP contribution in [-0.2, 0) is 6.18 Å². The Morgan fingerprint density at radius 3 is 2.50 bits per heavy atom. The number of aromatic nitrogens is 4. The molecule has 9 heteroatoms. The molecule has 0 saturated heterocycles. The van der Waals surface area contributed by atoms with Gasteiger partial charge in [-0.25, -0.2) is 9.67 Å². The molecule has 0 radical (unpaired) electrons. The van der Waals surface area contributed by atoms with Crippen molar-refractivity contribution in [3.05, 3.63) is 95.8 Å². The zero-order valence-electron chi connectivity index (χ0n) is 17.3. The fraction of sp³-hybridized carbons (Fsp3) is 0.174. The molecule has 0 fully saturated rings. The Balaban J connectivity index is 1.50. The van der Waals surface area contributed by atoms with Gasteiger partial charge in [-0.15, -0.1) is 0 Å². The van der Waals surface area contributed by atoms with Crippen molar-refractivity contribution >= 4 is 5.91 Å². The number of hydrogen-bond acceptors (Lipinski definition) is 3. The molecule has 164 valence electrons. The Labute approximate surface area is 182 Å². The normalized spacial score (nSPS) is 12.5. The standard InChI is InChI=1S/C23H20F3N5O/c1-15(29-22(32)17-6-8-19(9-7-17)30-11-10-27-14-30)21-13-28-31(16(21)2)20-5-3-4-18(12-20)23(24,25)26/h3-15H,1-2H3,(H,29,32)/t15-/m1/s1. The van der Waals surface area contributed by atoms with Gasteiger partial charge in [0.1, 0.15) is 0 Å². The highest BCUT2D eigenvalue weighted by atomic mass is 19.4. The van der Waals surface area contributed by atoms with Gasteiger partial charge in [0.2, 0.25) is 0 Å². The van der Waals surface area contributed by atoms with Gasteiger partial charge >= 0.3 is 6.18 Å². The minimum Gasteiger partial charge on any atom is -0.345 e. The van der Waals surface area contributed by atoms with Crippen LogP contribution in [0.5, 0.6) is 0 Å². The number of carbonyl (C=O) groups is 1. The molecule has 2 aromatic carbocycles. The van der Waals surface area contributed by atoms with Crippen molar-refractivity contribution in [2.75, 3.05) is 0 Å². The van der Waals surface area contributed by atoms with Crippen LogP contribution in [0.1, 0.15) is 40.1 Å². The number of amides is 1. The SMILES string of the molecule is Cc1c([C@@H](C)NC(=O)c2ccc(-n3ccnc3)cc2)cnn1-c1cccc(C(F)(F)F)c1. The minimum atomic E-state index is -4.44. The largest absolute Gasteiger partial charge is 0.416 e. The van der Waals surface area contributed by atoms with Gasteiger partial charge in [-0.3, -0.25) is 4.79 Å². The number of nitrogens with zero attached hydrogens (tertiary/aromatic N) is 4. The minimum absolute atomic E-state index is 0.263. The molecule has 4 aromatic rings. The van der Waals surface area contributed by atoms with Crippen molar-refractivity contribution in [3.8, 4) is 11.4 Å². The lowest BCUT2D eigenvalue weighted by Crippen LogP contribution is -2.27. The molecule has 1 N–H and O–H groups in total. The highest BCUT2D eigenvalue weighted by Gasteiger charge is 2.30. The maximum Gasteiger partial charge on any atom is 0.416 e. The zero-order valence-corrected chi connectivity index (χ0v) is 17.3. The van der Waals surface area contributed by atoms with Crippen LogP contribution in [0.25, 0.3) is 11.4 Å². The number of carbonyl (C=O) groups excluding carboxylic acids is 1. The molecule has 0 aliphatic heterocycles. The number of nitrogens with one attached hydrogen (secondary N) is 1. The number of halogens is 3. The maximum atomic E-state index is 13.0. The van der Waals surface area contributed by atoms with Crippen LogP contribution in [-0.4, -0.2) is 25.2 Å². The van der Waals surface area contributed by atoms with E-state index < -0.39 is 17.8 Å². The lowest BCUT2D eigenvalue weighted by molar-refractivity contribution is -0.137. The molecule has 0 bridgehead atoms. The number of rotatable bonds is 5. The molecular formula is C23H20F3N5O. The van der Waals surface area contributed by atoms with Crippen LogP contribution >= 0.6 is 0 Å². The summed E-state index contributed by atoms with van der Waals surface area (Å²) in [5, 5.41) is 7.16. The molecule has 0 unspecified atom stereocenters. The van der Waals surface area contributed by atoms with Crippen molar-refractivity contribution in [3.63, 3.8) is 0 Å². The van der Waals surface area contributed by atoms with Gasteiger partial charge in [-0.2, -0.15) is 18.3 Å².